The van der Waals surface area contributed by atoms with E-state index in [0.717, 1.165) is 11.3 Å². The maximum Gasteiger partial charge on any atom is 0.224 e. The van der Waals surface area contributed by atoms with Crippen LogP contribution in [0.4, 0.5) is 5.69 Å². The van der Waals surface area contributed by atoms with Crippen LogP contribution in [0.5, 0.6) is 0 Å². The van der Waals surface area contributed by atoms with Crippen molar-refractivity contribution >= 4 is 11.6 Å². The Balaban J connectivity index is 1.96. The van der Waals surface area contributed by atoms with Gasteiger partial charge < -0.3 is 10.6 Å². The number of amides is 1. The predicted molar refractivity (Wildman–Crippen MR) is 83.8 cm³/mol. The van der Waals surface area contributed by atoms with Crippen LogP contribution in [0.25, 0.3) is 0 Å². The number of likely N-dealkylation sites (N-methyl/N-ethyl adjacent to an activating group) is 1. The van der Waals surface area contributed by atoms with E-state index in [4.69, 9.17) is 0 Å². The topological polar surface area (TPSA) is 41.1 Å². The van der Waals surface area contributed by atoms with Crippen molar-refractivity contribution in [2.24, 2.45) is 11.3 Å². The van der Waals surface area contributed by atoms with Crippen LogP contribution in [0, 0.1) is 11.3 Å². The molecule has 0 bridgehead atoms. The number of benzene rings is 1. The van der Waals surface area contributed by atoms with Crippen molar-refractivity contribution in [3.8, 4) is 0 Å². The van der Waals surface area contributed by atoms with E-state index in [1.807, 2.05) is 12.1 Å². The minimum Gasteiger partial charge on any atom is -0.382 e. The van der Waals surface area contributed by atoms with Gasteiger partial charge in [0, 0.05) is 18.8 Å². The van der Waals surface area contributed by atoms with Gasteiger partial charge in [-0.2, -0.15) is 0 Å². The number of nitrogens with one attached hydrogen (secondary N) is 2. The second-order valence-corrected chi connectivity index (χ2v) is 6.85. The molecule has 0 saturated heterocycles. The first kappa shape index (κ1) is 14.9. The molecule has 3 heteroatoms. The summed E-state index contributed by atoms with van der Waals surface area (Å²) in [5.74, 6) is 0.757. The van der Waals surface area contributed by atoms with Crippen LogP contribution >= 0.6 is 0 Å². The normalized spacial score (nSPS) is 24.4. The molecule has 1 saturated carbocycles. The predicted octanol–water partition coefficient (Wildman–Crippen LogP) is 3.21. The van der Waals surface area contributed by atoms with Gasteiger partial charge in [0.1, 0.15) is 0 Å². The SMILES string of the molecule is CNC(=O)Cc1ccc(NC2CC(C)(C)CC2C)cc1. The van der Waals surface area contributed by atoms with E-state index in [-0.39, 0.29) is 5.91 Å². The Labute approximate surface area is 122 Å². The second kappa shape index (κ2) is 5.86. The van der Waals surface area contributed by atoms with E-state index < -0.39 is 0 Å². The Bertz CT molecular complexity index is 464. The fourth-order valence-corrected chi connectivity index (χ4v) is 3.29. The maximum absolute atomic E-state index is 11.3. The molecule has 20 heavy (non-hydrogen) atoms. The summed E-state index contributed by atoms with van der Waals surface area (Å²) in [7, 11) is 1.67. The average molecular weight is 274 g/mol. The molecule has 2 rings (SSSR count). The van der Waals surface area contributed by atoms with E-state index in [1.165, 1.54) is 12.8 Å². The fourth-order valence-electron chi connectivity index (χ4n) is 3.29. The Hall–Kier alpha value is -1.51. The van der Waals surface area contributed by atoms with Crippen LogP contribution in [0.3, 0.4) is 0 Å². The average Bonchev–Trinajstić information content (AvgIpc) is 2.64. The zero-order chi connectivity index (χ0) is 14.8. The van der Waals surface area contributed by atoms with Crippen molar-refractivity contribution in [1.29, 1.82) is 0 Å². The van der Waals surface area contributed by atoms with Gasteiger partial charge in [-0.05, 0) is 41.9 Å². The Kier molecular flexibility index (Phi) is 4.36. The number of carbonyl (C=O) groups is 1. The molecular weight excluding hydrogens is 248 g/mol. The van der Waals surface area contributed by atoms with E-state index >= 15 is 0 Å². The number of hydrogen-bond acceptors (Lipinski definition) is 2. The Morgan fingerprint density at radius 2 is 1.90 bits per heavy atom. The van der Waals surface area contributed by atoms with Crippen molar-refractivity contribution in [1.82, 2.24) is 5.32 Å². The Morgan fingerprint density at radius 1 is 1.25 bits per heavy atom. The van der Waals surface area contributed by atoms with E-state index in [2.05, 4.69) is 43.5 Å². The third-order valence-corrected chi connectivity index (χ3v) is 4.28. The third-order valence-electron chi connectivity index (χ3n) is 4.28. The van der Waals surface area contributed by atoms with Gasteiger partial charge >= 0.3 is 0 Å². The van der Waals surface area contributed by atoms with Gasteiger partial charge in [0.2, 0.25) is 5.91 Å². The van der Waals surface area contributed by atoms with Crippen molar-refractivity contribution < 1.29 is 4.79 Å². The van der Waals surface area contributed by atoms with E-state index in [9.17, 15) is 4.79 Å². The highest BCUT2D eigenvalue weighted by atomic mass is 16.1. The standard InChI is InChI=1S/C17H26N2O/c1-12-10-17(2,3)11-15(12)19-14-7-5-13(6-8-14)9-16(20)18-4/h5-8,12,15,19H,9-11H2,1-4H3,(H,18,20). The molecule has 2 atom stereocenters. The van der Waals surface area contributed by atoms with E-state index in [1.54, 1.807) is 7.05 Å². The van der Waals surface area contributed by atoms with E-state index in [0.29, 0.717) is 23.8 Å². The molecule has 0 aliphatic heterocycles. The highest BCUT2D eigenvalue weighted by Gasteiger charge is 2.36. The lowest BCUT2D eigenvalue weighted by atomic mass is 9.91. The maximum atomic E-state index is 11.3. The number of hydrogen-bond donors (Lipinski definition) is 2. The van der Waals surface area contributed by atoms with Crippen LogP contribution in [0.2, 0.25) is 0 Å². The van der Waals surface area contributed by atoms with Crippen molar-refractivity contribution in [2.45, 2.75) is 46.1 Å². The summed E-state index contributed by atoms with van der Waals surface area (Å²) in [4.78, 5) is 11.3. The number of rotatable bonds is 4. The molecule has 0 heterocycles. The highest BCUT2D eigenvalue weighted by molar-refractivity contribution is 5.78. The van der Waals surface area contributed by atoms with Gasteiger partial charge in [-0.1, -0.05) is 32.9 Å². The molecule has 0 spiro atoms. The largest absolute Gasteiger partial charge is 0.382 e. The lowest BCUT2D eigenvalue weighted by Gasteiger charge is -2.20. The zero-order valence-electron chi connectivity index (χ0n) is 13.0. The molecule has 1 aliphatic rings. The van der Waals surface area contributed by atoms with Gasteiger partial charge in [0.25, 0.3) is 0 Å². The van der Waals surface area contributed by atoms with Gasteiger partial charge in [-0.15, -0.1) is 0 Å². The quantitative estimate of drug-likeness (QED) is 0.885. The minimum atomic E-state index is 0.0527. The molecule has 0 aromatic heterocycles. The van der Waals surface area contributed by atoms with Crippen molar-refractivity contribution in [3.63, 3.8) is 0 Å². The molecule has 1 aliphatic carbocycles. The highest BCUT2D eigenvalue weighted by Crippen LogP contribution is 2.42. The summed E-state index contributed by atoms with van der Waals surface area (Å²) in [5.41, 5.74) is 2.64. The van der Waals surface area contributed by atoms with Crippen LogP contribution in [-0.4, -0.2) is 19.0 Å². The molecule has 110 valence electrons. The molecule has 2 unspecified atom stereocenters. The summed E-state index contributed by atoms with van der Waals surface area (Å²) >= 11 is 0. The van der Waals surface area contributed by atoms with Crippen molar-refractivity contribution in [2.75, 3.05) is 12.4 Å². The summed E-state index contributed by atoms with van der Waals surface area (Å²) in [6.07, 6.45) is 2.94. The monoisotopic (exact) mass is 274 g/mol. The summed E-state index contributed by atoms with van der Waals surface area (Å²) < 4.78 is 0. The summed E-state index contributed by atoms with van der Waals surface area (Å²) in [6.45, 7) is 7.02. The zero-order valence-corrected chi connectivity index (χ0v) is 13.0. The van der Waals surface area contributed by atoms with Gasteiger partial charge in [0.05, 0.1) is 6.42 Å². The van der Waals surface area contributed by atoms with Crippen LogP contribution < -0.4 is 10.6 Å². The molecule has 1 aromatic rings. The molecule has 1 aromatic carbocycles. The molecule has 2 N–H and O–H groups in total. The first-order valence-electron chi connectivity index (χ1n) is 7.46. The first-order chi connectivity index (χ1) is 9.39. The lowest BCUT2D eigenvalue weighted by Crippen LogP contribution is -2.22. The first-order valence-corrected chi connectivity index (χ1v) is 7.46. The molecular formula is C17H26N2O. The fraction of sp³-hybridized carbons (Fsp3) is 0.588. The van der Waals surface area contributed by atoms with Crippen molar-refractivity contribution in [3.05, 3.63) is 29.8 Å². The van der Waals surface area contributed by atoms with Crippen LogP contribution in [0.15, 0.2) is 24.3 Å². The molecule has 0 radical (unpaired) electrons. The third kappa shape index (κ3) is 3.75. The minimum absolute atomic E-state index is 0.0527. The lowest BCUT2D eigenvalue weighted by molar-refractivity contribution is -0.119. The summed E-state index contributed by atoms with van der Waals surface area (Å²) in [6, 6.07) is 8.77. The summed E-state index contributed by atoms with van der Waals surface area (Å²) in [5, 5.41) is 6.29. The molecule has 1 fully saturated rings. The van der Waals surface area contributed by atoms with Gasteiger partial charge in [-0.3, -0.25) is 4.79 Å². The van der Waals surface area contributed by atoms with Crippen LogP contribution in [-0.2, 0) is 11.2 Å². The number of anilines is 1. The molecule has 3 nitrogen and oxygen atoms in total. The number of carbonyl (C=O) groups excluding carboxylic acids is 1. The smallest absolute Gasteiger partial charge is 0.224 e. The van der Waals surface area contributed by atoms with Crippen LogP contribution in [0.1, 0.15) is 39.2 Å². The van der Waals surface area contributed by atoms with Gasteiger partial charge in [-0.25, -0.2) is 0 Å². The second-order valence-electron chi connectivity index (χ2n) is 6.85. The molecule has 1 amide bonds. The Morgan fingerprint density at radius 3 is 2.40 bits per heavy atom. The van der Waals surface area contributed by atoms with Gasteiger partial charge in [0.15, 0.2) is 0 Å².